The molecular formula is C20H22N4O4S2. The second-order valence-electron chi connectivity index (χ2n) is 6.89. The highest BCUT2D eigenvalue weighted by Crippen LogP contribution is 2.32. The molecule has 1 N–H and O–H groups in total. The minimum Gasteiger partial charge on any atom is -0.454 e. The van der Waals surface area contributed by atoms with Crippen LogP contribution in [0.1, 0.15) is 31.2 Å². The molecule has 0 spiro atoms. The molecule has 1 aromatic heterocycles. The molecule has 30 heavy (non-hydrogen) atoms. The van der Waals surface area contributed by atoms with Gasteiger partial charge in [-0.1, -0.05) is 42.0 Å². The van der Waals surface area contributed by atoms with Gasteiger partial charge in [0.2, 0.25) is 23.7 Å². The maximum Gasteiger partial charge on any atom is 0.250 e. The summed E-state index contributed by atoms with van der Waals surface area (Å²) < 4.78 is 11.3. The van der Waals surface area contributed by atoms with Crippen molar-refractivity contribution in [1.82, 2.24) is 15.1 Å². The van der Waals surface area contributed by atoms with Gasteiger partial charge in [-0.25, -0.2) is 0 Å². The van der Waals surface area contributed by atoms with E-state index in [4.69, 9.17) is 9.47 Å². The molecule has 1 saturated heterocycles. The molecule has 8 nitrogen and oxygen atoms in total. The third-order valence-corrected chi connectivity index (χ3v) is 6.70. The molecular weight excluding hydrogens is 424 g/mol. The molecule has 2 aromatic rings. The number of likely N-dealkylation sites (tertiary alicyclic amines) is 1. The van der Waals surface area contributed by atoms with Crippen LogP contribution in [0.5, 0.6) is 11.5 Å². The number of anilines is 1. The van der Waals surface area contributed by atoms with Crippen molar-refractivity contribution in [3.63, 3.8) is 0 Å². The number of ether oxygens (including phenoxy) is 2. The van der Waals surface area contributed by atoms with Crippen molar-refractivity contribution in [2.75, 3.05) is 31.0 Å². The van der Waals surface area contributed by atoms with Crippen LogP contribution in [-0.4, -0.2) is 52.5 Å². The predicted octanol–water partition coefficient (Wildman–Crippen LogP) is 3.41. The Kier molecular flexibility index (Phi) is 6.85. The molecule has 4 rings (SSSR count). The van der Waals surface area contributed by atoms with Crippen molar-refractivity contribution in [2.24, 2.45) is 0 Å². The fourth-order valence-electron chi connectivity index (χ4n) is 3.19. The van der Waals surface area contributed by atoms with E-state index in [-0.39, 0.29) is 18.6 Å². The van der Waals surface area contributed by atoms with Gasteiger partial charge in [-0.2, -0.15) is 0 Å². The molecule has 2 aliphatic heterocycles. The summed E-state index contributed by atoms with van der Waals surface area (Å²) in [6.45, 7) is 1.89. The first-order chi connectivity index (χ1) is 14.7. The second kappa shape index (κ2) is 9.94. The molecule has 0 unspecified atom stereocenters. The molecule has 0 atom stereocenters. The molecule has 10 heteroatoms. The van der Waals surface area contributed by atoms with Crippen LogP contribution in [0.4, 0.5) is 5.13 Å². The molecule has 1 fully saturated rings. The van der Waals surface area contributed by atoms with E-state index in [0.29, 0.717) is 26.7 Å². The van der Waals surface area contributed by atoms with E-state index in [2.05, 4.69) is 15.5 Å². The number of carbonyl (C=O) groups is 2. The molecule has 0 radical (unpaired) electrons. The van der Waals surface area contributed by atoms with Gasteiger partial charge in [-0.15, -0.1) is 10.2 Å². The van der Waals surface area contributed by atoms with Gasteiger partial charge in [0.15, 0.2) is 15.8 Å². The van der Waals surface area contributed by atoms with E-state index >= 15 is 0 Å². The smallest absolute Gasteiger partial charge is 0.250 e. The zero-order valence-corrected chi connectivity index (χ0v) is 18.0. The Bertz CT molecular complexity index is 939. The van der Waals surface area contributed by atoms with Gasteiger partial charge in [-0.05, 0) is 36.6 Å². The van der Waals surface area contributed by atoms with E-state index in [1.165, 1.54) is 42.0 Å². The normalized spacial score (nSPS) is 15.9. The summed E-state index contributed by atoms with van der Waals surface area (Å²) in [6.07, 6.45) is 7.65. The van der Waals surface area contributed by atoms with E-state index in [0.717, 1.165) is 31.5 Å². The lowest BCUT2D eigenvalue weighted by Crippen LogP contribution is -2.33. The number of hydrogen-bond acceptors (Lipinski definition) is 8. The predicted molar refractivity (Wildman–Crippen MR) is 116 cm³/mol. The number of benzene rings is 1. The quantitative estimate of drug-likeness (QED) is 0.413. The Morgan fingerprint density at radius 1 is 1.13 bits per heavy atom. The third kappa shape index (κ3) is 5.51. The van der Waals surface area contributed by atoms with Gasteiger partial charge >= 0.3 is 0 Å². The van der Waals surface area contributed by atoms with Gasteiger partial charge in [-0.3, -0.25) is 14.9 Å². The number of fused-ring (bicyclic) bond motifs is 1. The summed E-state index contributed by atoms with van der Waals surface area (Å²) in [5.41, 5.74) is 0.829. The number of amides is 2. The Morgan fingerprint density at radius 2 is 1.93 bits per heavy atom. The summed E-state index contributed by atoms with van der Waals surface area (Å²) in [5.74, 6) is 1.53. The maximum atomic E-state index is 12.4. The fourth-order valence-corrected chi connectivity index (χ4v) is 4.85. The van der Waals surface area contributed by atoms with E-state index < -0.39 is 0 Å². The third-order valence-electron chi connectivity index (χ3n) is 4.74. The number of aromatic nitrogens is 2. The van der Waals surface area contributed by atoms with Crippen molar-refractivity contribution in [3.8, 4) is 11.5 Å². The van der Waals surface area contributed by atoms with Gasteiger partial charge < -0.3 is 14.4 Å². The lowest BCUT2D eigenvalue weighted by Gasteiger charge is -2.19. The van der Waals surface area contributed by atoms with Crippen LogP contribution in [0.3, 0.4) is 0 Å². The van der Waals surface area contributed by atoms with Crippen LogP contribution in [0, 0.1) is 0 Å². The Balaban J connectivity index is 1.25. The summed E-state index contributed by atoms with van der Waals surface area (Å²) in [6, 6.07) is 5.46. The lowest BCUT2D eigenvalue weighted by atomic mass is 10.2. The SMILES string of the molecule is O=C(/C=C/c1ccc2c(c1)OCO2)Nc1nnc(SCC(=O)N2CCCCCC2)s1. The van der Waals surface area contributed by atoms with Crippen LogP contribution >= 0.6 is 23.1 Å². The second-order valence-corrected chi connectivity index (χ2v) is 9.09. The Morgan fingerprint density at radius 3 is 2.77 bits per heavy atom. The summed E-state index contributed by atoms with van der Waals surface area (Å²) >= 11 is 2.62. The van der Waals surface area contributed by atoms with Crippen molar-refractivity contribution >= 4 is 46.1 Å². The van der Waals surface area contributed by atoms with Crippen LogP contribution in [-0.2, 0) is 9.59 Å². The van der Waals surface area contributed by atoms with Crippen molar-refractivity contribution < 1.29 is 19.1 Å². The molecule has 1 aromatic carbocycles. The highest BCUT2D eigenvalue weighted by atomic mass is 32.2. The number of thioether (sulfide) groups is 1. The average molecular weight is 447 g/mol. The molecule has 0 aliphatic carbocycles. The Labute approximate surface area is 182 Å². The fraction of sp³-hybridized carbons (Fsp3) is 0.400. The minimum atomic E-state index is -0.305. The average Bonchev–Trinajstić information content (AvgIpc) is 3.31. The lowest BCUT2D eigenvalue weighted by molar-refractivity contribution is -0.128. The zero-order valence-electron chi connectivity index (χ0n) is 16.3. The van der Waals surface area contributed by atoms with Crippen LogP contribution < -0.4 is 14.8 Å². The first-order valence-electron chi connectivity index (χ1n) is 9.80. The monoisotopic (exact) mass is 446 g/mol. The highest BCUT2D eigenvalue weighted by molar-refractivity contribution is 8.01. The number of nitrogens with zero attached hydrogens (tertiary/aromatic N) is 3. The Hall–Kier alpha value is -2.59. The topological polar surface area (TPSA) is 93.6 Å². The first-order valence-corrected chi connectivity index (χ1v) is 11.6. The molecule has 2 amide bonds. The summed E-state index contributed by atoms with van der Waals surface area (Å²) in [4.78, 5) is 26.5. The van der Waals surface area contributed by atoms with Gasteiger partial charge in [0.1, 0.15) is 0 Å². The van der Waals surface area contributed by atoms with E-state index in [9.17, 15) is 9.59 Å². The molecule has 158 valence electrons. The van der Waals surface area contributed by atoms with E-state index in [1.54, 1.807) is 12.1 Å². The highest BCUT2D eigenvalue weighted by Gasteiger charge is 2.17. The van der Waals surface area contributed by atoms with Gasteiger partial charge in [0.25, 0.3) is 0 Å². The standard InChI is InChI=1S/C20H22N4O4S2/c25-17(8-6-14-5-7-15-16(11-14)28-13-27-15)21-19-22-23-20(30-19)29-12-18(26)24-9-3-1-2-4-10-24/h5-8,11H,1-4,9-10,12-13H2,(H,21,22,25)/b8-6+. The molecule has 0 bridgehead atoms. The van der Waals surface area contributed by atoms with Crippen LogP contribution in [0.2, 0.25) is 0 Å². The number of hydrogen-bond donors (Lipinski definition) is 1. The van der Waals surface area contributed by atoms with Gasteiger partial charge in [0, 0.05) is 19.2 Å². The van der Waals surface area contributed by atoms with Crippen LogP contribution in [0.25, 0.3) is 6.08 Å². The van der Waals surface area contributed by atoms with Crippen LogP contribution in [0.15, 0.2) is 28.6 Å². The van der Waals surface area contributed by atoms with E-state index in [1.807, 2.05) is 17.0 Å². The van der Waals surface area contributed by atoms with Crippen molar-refractivity contribution in [1.29, 1.82) is 0 Å². The summed E-state index contributed by atoms with van der Waals surface area (Å²) in [7, 11) is 0. The molecule has 0 saturated carbocycles. The number of carbonyl (C=O) groups excluding carboxylic acids is 2. The van der Waals surface area contributed by atoms with Crippen molar-refractivity contribution in [3.05, 3.63) is 29.8 Å². The first kappa shape index (κ1) is 20.7. The molecule has 2 aliphatic rings. The number of rotatable bonds is 6. The van der Waals surface area contributed by atoms with Crippen molar-refractivity contribution in [2.45, 2.75) is 30.0 Å². The number of nitrogens with one attached hydrogen (secondary N) is 1. The van der Waals surface area contributed by atoms with Gasteiger partial charge in [0.05, 0.1) is 5.75 Å². The maximum absolute atomic E-state index is 12.4. The minimum absolute atomic E-state index is 0.134. The molecule has 3 heterocycles. The zero-order chi connectivity index (χ0) is 20.8. The summed E-state index contributed by atoms with van der Waals surface area (Å²) in [5, 5.41) is 11.1. The largest absolute Gasteiger partial charge is 0.454 e.